The SMILES string of the molecule is CCCCC/C=C\C/C=C\CCCCCCCCCCP(=O)(F)OC. The predicted octanol–water partition coefficient (Wildman–Crippen LogP) is 8.39. The average Bonchev–Trinajstić information content (AvgIpc) is 2.60. The maximum absolute atomic E-state index is 13.1. The van der Waals surface area contributed by atoms with Crippen LogP contribution in [0.3, 0.4) is 0 Å². The second-order valence-corrected chi connectivity index (χ2v) is 8.78. The number of rotatable bonds is 18. The summed E-state index contributed by atoms with van der Waals surface area (Å²) < 4.78 is 28.5. The second-order valence-electron chi connectivity index (χ2n) is 6.79. The minimum Gasteiger partial charge on any atom is -0.309 e. The zero-order valence-electron chi connectivity index (χ0n) is 16.6. The zero-order valence-corrected chi connectivity index (χ0v) is 17.5. The first kappa shape index (κ1) is 24.6. The molecule has 25 heavy (non-hydrogen) atoms. The lowest BCUT2D eigenvalue weighted by molar-refractivity contribution is 0.354. The van der Waals surface area contributed by atoms with E-state index in [1.54, 1.807) is 0 Å². The summed E-state index contributed by atoms with van der Waals surface area (Å²) in [5, 5.41) is 0. The van der Waals surface area contributed by atoms with Gasteiger partial charge in [-0.15, -0.1) is 0 Å². The lowest BCUT2D eigenvalue weighted by Gasteiger charge is -2.05. The Kier molecular flexibility index (Phi) is 18.1. The summed E-state index contributed by atoms with van der Waals surface area (Å²) in [5.74, 6) is 0. The minimum atomic E-state index is -3.78. The molecule has 4 heteroatoms. The first-order chi connectivity index (χ1) is 12.1. The third-order valence-electron chi connectivity index (χ3n) is 4.40. The molecule has 148 valence electrons. The van der Waals surface area contributed by atoms with Gasteiger partial charge in [0.25, 0.3) is 0 Å². The van der Waals surface area contributed by atoms with E-state index in [9.17, 15) is 8.76 Å². The predicted molar refractivity (Wildman–Crippen MR) is 109 cm³/mol. The van der Waals surface area contributed by atoms with E-state index >= 15 is 0 Å². The van der Waals surface area contributed by atoms with Crippen molar-refractivity contribution in [1.29, 1.82) is 0 Å². The molecule has 0 aliphatic rings. The van der Waals surface area contributed by atoms with Gasteiger partial charge in [0.1, 0.15) is 0 Å². The van der Waals surface area contributed by atoms with Gasteiger partial charge in [0.15, 0.2) is 0 Å². The van der Waals surface area contributed by atoms with Crippen molar-refractivity contribution in [1.82, 2.24) is 0 Å². The van der Waals surface area contributed by atoms with E-state index in [1.807, 2.05) is 0 Å². The highest BCUT2D eigenvalue weighted by atomic mass is 31.2. The summed E-state index contributed by atoms with van der Waals surface area (Å²) in [5.41, 5.74) is 0. The van der Waals surface area contributed by atoms with Crippen molar-refractivity contribution in [3.63, 3.8) is 0 Å². The number of hydrogen-bond acceptors (Lipinski definition) is 2. The molecular weight excluding hydrogens is 334 g/mol. The van der Waals surface area contributed by atoms with E-state index in [0.717, 1.165) is 19.3 Å². The Morgan fingerprint density at radius 2 is 1.24 bits per heavy atom. The molecule has 0 rings (SSSR count). The number of hydrogen-bond donors (Lipinski definition) is 0. The molecule has 0 saturated carbocycles. The zero-order chi connectivity index (χ0) is 18.6. The van der Waals surface area contributed by atoms with Gasteiger partial charge in [0, 0.05) is 7.11 Å². The average molecular weight is 375 g/mol. The number of allylic oxidation sites excluding steroid dienone is 4. The van der Waals surface area contributed by atoms with Gasteiger partial charge in [-0.1, -0.05) is 82.6 Å². The minimum absolute atomic E-state index is 0.0732. The van der Waals surface area contributed by atoms with Crippen LogP contribution in [0.1, 0.15) is 96.8 Å². The largest absolute Gasteiger partial charge is 0.367 e. The summed E-state index contributed by atoms with van der Waals surface area (Å²) in [6.07, 6.45) is 25.7. The van der Waals surface area contributed by atoms with Crippen molar-refractivity contribution in [2.24, 2.45) is 0 Å². The van der Waals surface area contributed by atoms with E-state index in [0.29, 0.717) is 6.42 Å². The molecule has 1 atom stereocenters. The Bertz CT molecular complexity index is 380. The molecular formula is C21H40FO2P. The third-order valence-corrected chi connectivity index (χ3v) is 5.79. The molecule has 0 N–H and O–H groups in total. The Balaban J connectivity index is 3.23. The molecule has 0 radical (unpaired) electrons. The van der Waals surface area contributed by atoms with Gasteiger partial charge in [-0.05, 0) is 38.5 Å². The summed E-state index contributed by atoms with van der Waals surface area (Å²) in [6, 6.07) is 0. The van der Waals surface area contributed by atoms with Crippen LogP contribution in [0.5, 0.6) is 0 Å². The quantitative estimate of drug-likeness (QED) is 0.137. The molecule has 0 aliphatic heterocycles. The van der Waals surface area contributed by atoms with E-state index in [2.05, 4.69) is 35.8 Å². The van der Waals surface area contributed by atoms with Gasteiger partial charge in [-0.25, -0.2) is 0 Å². The van der Waals surface area contributed by atoms with E-state index in [4.69, 9.17) is 0 Å². The molecule has 1 unspecified atom stereocenters. The van der Waals surface area contributed by atoms with Crippen molar-refractivity contribution < 1.29 is 13.3 Å². The summed E-state index contributed by atoms with van der Waals surface area (Å²) >= 11 is 0. The molecule has 0 heterocycles. The molecule has 0 aromatic rings. The lowest BCUT2D eigenvalue weighted by atomic mass is 10.1. The van der Waals surface area contributed by atoms with Crippen molar-refractivity contribution in [3.8, 4) is 0 Å². The Morgan fingerprint density at radius 3 is 1.76 bits per heavy atom. The molecule has 0 bridgehead atoms. The van der Waals surface area contributed by atoms with Gasteiger partial charge in [-0.2, -0.15) is 4.20 Å². The molecule has 0 amide bonds. The first-order valence-electron chi connectivity index (χ1n) is 10.3. The first-order valence-corrected chi connectivity index (χ1v) is 12.0. The van der Waals surface area contributed by atoms with Crippen LogP contribution in [0, 0.1) is 0 Å². The van der Waals surface area contributed by atoms with Crippen molar-refractivity contribution in [2.45, 2.75) is 96.8 Å². The topological polar surface area (TPSA) is 26.3 Å². The van der Waals surface area contributed by atoms with Crippen molar-refractivity contribution >= 4 is 7.68 Å². The maximum Gasteiger partial charge on any atom is 0.367 e. The normalized spacial score (nSPS) is 14.5. The van der Waals surface area contributed by atoms with Crippen molar-refractivity contribution in [2.75, 3.05) is 13.3 Å². The van der Waals surface area contributed by atoms with Crippen LogP contribution in [-0.4, -0.2) is 13.3 Å². The Morgan fingerprint density at radius 1 is 0.760 bits per heavy atom. The fourth-order valence-electron chi connectivity index (χ4n) is 2.73. The third kappa shape index (κ3) is 19.8. The highest BCUT2D eigenvalue weighted by Crippen LogP contribution is 2.48. The van der Waals surface area contributed by atoms with E-state index in [-0.39, 0.29) is 6.16 Å². The number of unbranched alkanes of at least 4 members (excludes halogenated alkanes) is 11. The smallest absolute Gasteiger partial charge is 0.309 e. The highest BCUT2D eigenvalue weighted by molar-refractivity contribution is 7.53. The molecule has 0 saturated heterocycles. The van der Waals surface area contributed by atoms with Crippen LogP contribution in [0.25, 0.3) is 0 Å². The van der Waals surface area contributed by atoms with Crippen LogP contribution in [-0.2, 0) is 9.09 Å². The van der Waals surface area contributed by atoms with Gasteiger partial charge in [0.05, 0.1) is 6.16 Å². The van der Waals surface area contributed by atoms with Crippen LogP contribution in [0.4, 0.5) is 4.20 Å². The summed E-state index contributed by atoms with van der Waals surface area (Å²) in [7, 11) is -2.59. The molecule has 0 aliphatic carbocycles. The van der Waals surface area contributed by atoms with Crippen LogP contribution >= 0.6 is 7.68 Å². The standard InChI is InChI=1S/C21H40FO2P/c1-3-4-5-6-7-8-9-10-11-12-13-14-15-16-17-18-19-20-21-25(22,23)24-2/h7-8,10-11H,3-6,9,12-21H2,1-2H3/b8-7-,11-10-. The fourth-order valence-corrected chi connectivity index (χ4v) is 3.52. The summed E-state index contributed by atoms with van der Waals surface area (Å²) in [4.78, 5) is 0. The van der Waals surface area contributed by atoms with Crippen LogP contribution in [0.15, 0.2) is 24.3 Å². The van der Waals surface area contributed by atoms with Crippen molar-refractivity contribution in [3.05, 3.63) is 24.3 Å². The van der Waals surface area contributed by atoms with Gasteiger partial charge in [-0.3, -0.25) is 4.57 Å². The Labute approximate surface area is 155 Å². The van der Waals surface area contributed by atoms with Gasteiger partial charge >= 0.3 is 7.68 Å². The number of halogens is 1. The second kappa shape index (κ2) is 18.4. The molecule has 0 aromatic carbocycles. The van der Waals surface area contributed by atoms with Gasteiger partial charge < -0.3 is 4.52 Å². The molecule has 0 spiro atoms. The lowest BCUT2D eigenvalue weighted by Crippen LogP contribution is -1.88. The monoisotopic (exact) mass is 374 g/mol. The van der Waals surface area contributed by atoms with Crippen LogP contribution < -0.4 is 0 Å². The molecule has 0 aromatic heterocycles. The molecule has 0 fully saturated rings. The van der Waals surface area contributed by atoms with Gasteiger partial charge in [0.2, 0.25) is 0 Å². The Hall–Kier alpha value is -0.400. The van der Waals surface area contributed by atoms with Crippen LogP contribution in [0.2, 0.25) is 0 Å². The summed E-state index contributed by atoms with van der Waals surface area (Å²) in [6.45, 7) is 2.24. The highest BCUT2D eigenvalue weighted by Gasteiger charge is 2.18. The van der Waals surface area contributed by atoms with E-state index in [1.165, 1.54) is 71.3 Å². The molecule has 2 nitrogen and oxygen atoms in total. The van der Waals surface area contributed by atoms with E-state index < -0.39 is 7.68 Å². The fraction of sp³-hybridized carbons (Fsp3) is 0.810. The maximum atomic E-state index is 13.1.